The Hall–Kier alpha value is -3.03. The molecule has 1 aromatic carbocycles. The molecule has 162 valence electrons. The highest BCUT2D eigenvalue weighted by atomic mass is 16.5. The molecular weight excluding hydrogens is 380 g/mol. The van der Waals surface area contributed by atoms with Crippen molar-refractivity contribution in [2.24, 2.45) is 12.0 Å². The summed E-state index contributed by atoms with van der Waals surface area (Å²) in [6.45, 7) is 10.0. The number of nitrogens with one attached hydrogen (secondary N) is 2. The van der Waals surface area contributed by atoms with Crippen molar-refractivity contribution < 1.29 is 9.15 Å². The minimum Gasteiger partial charge on any atom is -0.490 e. The maximum Gasteiger partial charge on any atom is 0.192 e. The van der Waals surface area contributed by atoms with Gasteiger partial charge in [0.1, 0.15) is 18.1 Å². The second-order valence-electron chi connectivity index (χ2n) is 7.29. The molecule has 0 spiro atoms. The van der Waals surface area contributed by atoms with Gasteiger partial charge in [0, 0.05) is 19.0 Å². The molecule has 8 heteroatoms. The largest absolute Gasteiger partial charge is 0.490 e. The molecule has 0 aliphatic rings. The summed E-state index contributed by atoms with van der Waals surface area (Å²) in [6.07, 6.45) is 2.18. The van der Waals surface area contributed by atoms with Crippen molar-refractivity contribution in [3.63, 3.8) is 0 Å². The van der Waals surface area contributed by atoms with Crippen LogP contribution in [0.3, 0.4) is 0 Å². The van der Waals surface area contributed by atoms with Crippen LogP contribution in [0, 0.1) is 6.92 Å². The summed E-state index contributed by atoms with van der Waals surface area (Å²) in [6, 6.07) is 7.92. The first-order valence-electron chi connectivity index (χ1n) is 10.6. The lowest BCUT2D eigenvalue weighted by atomic mass is 10.2. The maximum atomic E-state index is 6.13. The lowest BCUT2D eigenvalue weighted by molar-refractivity contribution is 0.336. The van der Waals surface area contributed by atoms with Crippen LogP contribution in [0.25, 0.3) is 11.0 Å². The van der Waals surface area contributed by atoms with E-state index < -0.39 is 0 Å². The summed E-state index contributed by atoms with van der Waals surface area (Å²) >= 11 is 0. The van der Waals surface area contributed by atoms with E-state index in [1.807, 2.05) is 49.7 Å². The van der Waals surface area contributed by atoms with Crippen LogP contribution in [0.2, 0.25) is 0 Å². The number of rotatable bonds is 9. The number of furan rings is 1. The minimum atomic E-state index is -0.0685. The SMILES string of the molecule is CCCCNC(=NCc1nnc(C)n1C)NC(C)c1cc2cccc(OCC)c2o1. The number of hydrogen-bond acceptors (Lipinski definition) is 5. The number of para-hydroxylation sites is 1. The number of aryl methyl sites for hydroxylation is 1. The van der Waals surface area contributed by atoms with E-state index in [2.05, 4.69) is 34.7 Å². The number of aliphatic imine (C=N–C) groups is 1. The zero-order valence-corrected chi connectivity index (χ0v) is 18.5. The Bertz CT molecular complexity index is 991. The molecule has 2 aromatic heterocycles. The van der Waals surface area contributed by atoms with Crippen molar-refractivity contribution in [3.05, 3.63) is 41.7 Å². The van der Waals surface area contributed by atoms with Gasteiger partial charge in [0.25, 0.3) is 0 Å². The fourth-order valence-electron chi connectivity index (χ4n) is 3.09. The van der Waals surface area contributed by atoms with Crippen LogP contribution in [-0.2, 0) is 13.6 Å². The normalized spacial score (nSPS) is 12.9. The van der Waals surface area contributed by atoms with Crippen LogP contribution in [-0.4, -0.2) is 33.9 Å². The molecule has 3 aromatic rings. The molecular formula is C22H32N6O2. The first-order chi connectivity index (χ1) is 14.5. The second-order valence-corrected chi connectivity index (χ2v) is 7.29. The highest BCUT2D eigenvalue weighted by Crippen LogP contribution is 2.31. The summed E-state index contributed by atoms with van der Waals surface area (Å²) < 4.78 is 13.8. The number of hydrogen-bond donors (Lipinski definition) is 2. The molecule has 2 heterocycles. The Morgan fingerprint density at radius 2 is 2.13 bits per heavy atom. The van der Waals surface area contributed by atoms with Crippen LogP contribution in [0.1, 0.15) is 57.1 Å². The van der Waals surface area contributed by atoms with Crippen molar-refractivity contribution in [2.45, 2.75) is 53.1 Å². The maximum absolute atomic E-state index is 6.13. The van der Waals surface area contributed by atoms with Gasteiger partial charge in [0.2, 0.25) is 0 Å². The molecule has 0 saturated heterocycles. The van der Waals surface area contributed by atoms with Gasteiger partial charge in [-0.25, -0.2) is 4.99 Å². The Morgan fingerprint density at radius 3 is 2.83 bits per heavy atom. The number of aromatic nitrogens is 3. The summed E-state index contributed by atoms with van der Waals surface area (Å²) in [5.74, 6) is 4.01. The van der Waals surface area contributed by atoms with Gasteiger partial charge < -0.3 is 24.4 Å². The van der Waals surface area contributed by atoms with Crippen LogP contribution in [0.4, 0.5) is 0 Å². The smallest absolute Gasteiger partial charge is 0.192 e. The van der Waals surface area contributed by atoms with E-state index in [0.29, 0.717) is 13.2 Å². The number of fused-ring (bicyclic) bond motifs is 1. The van der Waals surface area contributed by atoms with Gasteiger partial charge in [0.05, 0.1) is 12.6 Å². The molecule has 3 rings (SSSR count). The standard InChI is InChI=1S/C22H32N6O2/c1-6-8-12-23-22(24-14-20-27-26-16(4)28(20)5)25-15(3)19-13-17-10-9-11-18(29-7-2)21(17)30-19/h9-11,13,15H,6-8,12,14H2,1-5H3,(H2,23,24,25). The Balaban J connectivity index is 1.77. The lowest BCUT2D eigenvalue weighted by Crippen LogP contribution is -2.39. The summed E-state index contributed by atoms with van der Waals surface area (Å²) in [5.41, 5.74) is 0.773. The van der Waals surface area contributed by atoms with Crippen LogP contribution < -0.4 is 15.4 Å². The van der Waals surface area contributed by atoms with Crippen LogP contribution >= 0.6 is 0 Å². The van der Waals surface area contributed by atoms with Gasteiger partial charge >= 0.3 is 0 Å². The van der Waals surface area contributed by atoms with Crippen molar-refractivity contribution in [2.75, 3.05) is 13.2 Å². The summed E-state index contributed by atoms with van der Waals surface area (Å²) in [5, 5.41) is 16.2. The Morgan fingerprint density at radius 1 is 1.30 bits per heavy atom. The van der Waals surface area contributed by atoms with E-state index >= 15 is 0 Å². The predicted molar refractivity (Wildman–Crippen MR) is 119 cm³/mol. The molecule has 0 saturated carbocycles. The van der Waals surface area contributed by atoms with Gasteiger partial charge in [0.15, 0.2) is 23.1 Å². The molecule has 0 aliphatic heterocycles. The number of guanidine groups is 1. The van der Waals surface area contributed by atoms with Crippen LogP contribution in [0.15, 0.2) is 33.7 Å². The molecule has 1 unspecified atom stereocenters. The third-order valence-corrected chi connectivity index (χ3v) is 4.99. The van der Waals surface area contributed by atoms with Gasteiger partial charge in [-0.2, -0.15) is 0 Å². The molecule has 0 fully saturated rings. The van der Waals surface area contributed by atoms with Gasteiger partial charge in [-0.1, -0.05) is 25.5 Å². The third-order valence-electron chi connectivity index (χ3n) is 4.99. The van der Waals surface area contributed by atoms with Crippen molar-refractivity contribution in [1.82, 2.24) is 25.4 Å². The summed E-state index contributed by atoms with van der Waals surface area (Å²) in [4.78, 5) is 4.71. The topological polar surface area (TPSA) is 89.5 Å². The van der Waals surface area contributed by atoms with Gasteiger partial charge in [-0.15, -0.1) is 10.2 Å². The van der Waals surface area contributed by atoms with Crippen LogP contribution in [0.5, 0.6) is 5.75 Å². The fourth-order valence-corrected chi connectivity index (χ4v) is 3.09. The van der Waals surface area contributed by atoms with Crippen molar-refractivity contribution in [3.8, 4) is 5.75 Å². The third kappa shape index (κ3) is 5.11. The Kier molecular flexibility index (Phi) is 7.32. The zero-order chi connectivity index (χ0) is 21.5. The second kappa shape index (κ2) is 10.1. The molecule has 0 radical (unpaired) electrons. The predicted octanol–water partition coefficient (Wildman–Crippen LogP) is 3.86. The number of nitrogens with zero attached hydrogens (tertiary/aromatic N) is 4. The highest BCUT2D eigenvalue weighted by molar-refractivity contribution is 5.84. The van der Waals surface area contributed by atoms with Crippen molar-refractivity contribution in [1.29, 1.82) is 0 Å². The number of benzene rings is 1. The van der Waals surface area contributed by atoms with Gasteiger partial charge in [-0.3, -0.25) is 0 Å². The van der Waals surface area contributed by atoms with E-state index in [0.717, 1.165) is 59.5 Å². The average molecular weight is 413 g/mol. The molecule has 1 atom stereocenters. The minimum absolute atomic E-state index is 0.0685. The van der Waals surface area contributed by atoms with E-state index in [-0.39, 0.29) is 6.04 Å². The zero-order valence-electron chi connectivity index (χ0n) is 18.5. The number of ether oxygens (including phenoxy) is 1. The van der Waals surface area contributed by atoms with E-state index in [1.54, 1.807) is 0 Å². The lowest BCUT2D eigenvalue weighted by Gasteiger charge is -2.16. The monoisotopic (exact) mass is 412 g/mol. The molecule has 8 nitrogen and oxygen atoms in total. The fraction of sp³-hybridized carbons (Fsp3) is 0.500. The van der Waals surface area contributed by atoms with Crippen molar-refractivity contribution >= 4 is 16.9 Å². The molecule has 0 aliphatic carbocycles. The average Bonchev–Trinajstić information content (AvgIpc) is 3.31. The van der Waals surface area contributed by atoms with Gasteiger partial charge in [-0.05, 0) is 39.3 Å². The number of unbranched alkanes of at least 4 members (excludes halogenated alkanes) is 1. The first-order valence-corrected chi connectivity index (χ1v) is 10.6. The molecule has 30 heavy (non-hydrogen) atoms. The molecule has 0 bridgehead atoms. The first kappa shape index (κ1) is 21.7. The molecule has 2 N–H and O–H groups in total. The van der Waals surface area contributed by atoms with E-state index in [9.17, 15) is 0 Å². The highest BCUT2D eigenvalue weighted by Gasteiger charge is 2.16. The molecule has 0 amide bonds. The van der Waals surface area contributed by atoms with E-state index in [1.165, 1.54) is 0 Å². The Labute approximate surface area is 177 Å². The quantitative estimate of drug-likeness (QED) is 0.315. The summed E-state index contributed by atoms with van der Waals surface area (Å²) in [7, 11) is 1.95. The van der Waals surface area contributed by atoms with E-state index in [4.69, 9.17) is 14.1 Å².